The lowest BCUT2D eigenvalue weighted by Crippen LogP contribution is -2.61. The number of piperidine rings is 1. The van der Waals surface area contributed by atoms with Gasteiger partial charge in [0.25, 0.3) is 17.6 Å². The van der Waals surface area contributed by atoms with Crippen LogP contribution in [0, 0.1) is 35.5 Å². The van der Waals surface area contributed by atoms with Crippen LogP contribution < -0.4 is 5.32 Å². The number of allylic oxidation sites excluding steroid dienone is 5. The van der Waals surface area contributed by atoms with Crippen LogP contribution in [0.15, 0.2) is 52.8 Å². The third-order valence-electron chi connectivity index (χ3n) is 16.2. The smallest absolute Gasteiger partial charge is 0.329 e. The number of aliphatic hydroxyl groups is 4. The number of amides is 2. The highest BCUT2D eigenvalue weighted by Gasteiger charge is 2.53. The zero-order chi connectivity index (χ0) is 57.5. The Morgan fingerprint density at radius 2 is 1.60 bits per heavy atom. The molecule has 3 aliphatic heterocycles. The van der Waals surface area contributed by atoms with E-state index < -0.39 is 90.0 Å². The van der Waals surface area contributed by atoms with Gasteiger partial charge in [-0.15, -0.1) is 0 Å². The molecule has 444 valence electrons. The molecule has 4 rings (SSSR count). The minimum absolute atomic E-state index is 0.00524. The Hall–Kier alpha value is -3.89. The molecule has 0 spiro atoms. The van der Waals surface area contributed by atoms with E-state index in [0.717, 1.165) is 12.0 Å². The van der Waals surface area contributed by atoms with Crippen molar-refractivity contribution >= 4 is 29.3 Å². The molecule has 2 saturated heterocycles. The Morgan fingerprint density at radius 1 is 0.859 bits per heavy atom. The predicted molar refractivity (Wildman–Crippen MR) is 295 cm³/mol. The van der Waals surface area contributed by atoms with Crippen molar-refractivity contribution in [2.45, 2.75) is 193 Å². The summed E-state index contributed by atoms with van der Waals surface area (Å²) >= 11 is 0. The van der Waals surface area contributed by atoms with Gasteiger partial charge in [-0.3, -0.25) is 14.4 Å². The lowest BCUT2D eigenvalue weighted by Gasteiger charge is -2.43. The van der Waals surface area contributed by atoms with Crippen molar-refractivity contribution in [3.63, 3.8) is 0 Å². The maximum atomic E-state index is 14.6. The number of ketones is 1. The quantitative estimate of drug-likeness (QED) is 0.0394. The summed E-state index contributed by atoms with van der Waals surface area (Å²) in [6.07, 6.45) is 10.8. The molecule has 0 aromatic heterocycles. The Kier molecular flexibility index (Phi) is 28.8. The number of hydrogen-bond acceptors (Lipinski definition) is 17. The van der Waals surface area contributed by atoms with Gasteiger partial charge in [0.05, 0.1) is 56.1 Å². The van der Waals surface area contributed by atoms with Crippen LogP contribution in [0.25, 0.3) is 0 Å². The molecule has 78 heavy (non-hydrogen) atoms. The summed E-state index contributed by atoms with van der Waals surface area (Å²) < 4.78 is 40.9. The summed E-state index contributed by atoms with van der Waals surface area (Å²) in [7, 11) is 4.62. The van der Waals surface area contributed by atoms with Crippen molar-refractivity contribution in [3.8, 4) is 0 Å². The first kappa shape index (κ1) is 66.6. The molecule has 0 aromatic rings. The first-order valence-electron chi connectivity index (χ1n) is 28.6. The van der Waals surface area contributed by atoms with Crippen molar-refractivity contribution in [3.05, 3.63) is 47.6 Å². The van der Waals surface area contributed by atoms with Crippen molar-refractivity contribution in [2.75, 3.05) is 67.5 Å². The van der Waals surface area contributed by atoms with Gasteiger partial charge < -0.3 is 68.6 Å². The minimum Gasteiger partial charge on any atom is -0.460 e. The molecule has 0 aromatic carbocycles. The predicted octanol–water partition coefficient (Wildman–Crippen LogP) is 5.95. The van der Waals surface area contributed by atoms with Gasteiger partial charge in [-0.25, -0.2) is 4.79 Å². The maximum Gasteiger partial charge on any atom is 0.329 e. The van der Waals surface area contributed by atoms with E-state index in [-0.39, 0.29) is 62.3 Å². The van der Waals surface area contributed by atoms with E-state index in [1.165, 1.54) is 12.0 Å². The van der Waals surface area contributed by atoms with Gasteiger partial charge in [-0.1, -0.05) is 76.2 Å². The minimum atomic E-state index is -2.44. The lowest BCUT2D eigenvalue weighted by molar-refractivity contribution is -0.265. The first-order valence-corrected chi connectivity index (χ1v) is 28.6. The Bertz CT molecular complexity index is 2030. The summed E-state index contributed by atoms with van der Waals surface area (Å²) in [6, 6.07) is -1.14. The van der Waals surface area contributed by atoms with Crippen molar-refractivity contribution in [1.29, 1.82) is 0 Å². The molecule has 2 amide bonds. The SMILES string of the molecule is CCOCCOCCNC(=O)CON=C1[C@H](C)C[C@H](C)/C=C/C=C/C=C(\C)[C@@H](OC)C[C@@H]2CC[C@@H](C)[C@@](O)(O2)C(=O)C(=O)N2CCCC[C@H]2C(=O)O[C@H]([C@H](C)C[C@@H]2CC[C@@H](O)[C@H](OC)C2)C[C@@H](O)[C@H](C)/C=C(\C)[C@@H](O)[C@H]1OC. The average Bonchev–Trinajstić information content (AvgIpc) is 3.45. The van der Waals surface area contributed by atoms with Crippen LogP contribution in [0.4, 0.5) is 0 Å². The Balaban J connectivity index is 1.71. The van der Waals surface area contributed by atoms with Gasteiger partial charge in [0, 0.05) is 71.6 Å². The summed E-state index contributed by atoms with van der Waals surface area (Å²) in [5.74, 6) is -7.52. The van der Waals surface area contributed by atoms with Crippen LogP contribution >= 0.6 is 0 Å². The number of ether oxygens (including phenoxy) is 7. The highest BCUT2D eigenvalue weighted by atomic mass is 16.6. The van der Waals surface area contributed by atoms with E-state index >= 15 is 0 Å². The molecule has 1 aliphatic carbocycles. The van der Waals surface area contributed by atoms with Gasteiger partial charge >= 0.3 is 5.97 Å². The van der Waals surface area contributed by atoms with Gasteiger partial charge in [-0.2, -0.15) is 0 Å². The molecule has 16 atom stereocenters. The summed E-state index contributed by atoms with van der Waals surface area (Å²) in [4.78, 5) is 63.0. The number of nitrogens with zero attached hydrogens (tertiary/aromatic N) is 2. The zero-order valence-corrected chi connectivity index (χ0v) is 48.6. The summed E-state index contributed by atoms with van der Waals surface area (Å²) in [5, 5.41) is 53.9. The van der Waals surface area contributed by atoms with E-state index in [2.05, 4.69) is 17.4 Å². The topological polar surface area (TPSA) is 251 Å². The second-order valence-electron chi connectivity index (χ2n) is 22.3. The Morgan fingerprint density at radius 3 is 2.31 bits per heavy atom. The number of hydrogen-bond donors (Lipinski definition) is 5. The number of Topliss-reactive ketones (excluding diaryl/α,β-unsaturated/α-hetero) is 1. The van der Waals surface area contributed by atoms with Crippen LogP contribution in [0.3, 0.4) is 0 Å². The van der Waals surface area contributed by atoms with E-state index in [9.17, 15) is 39.6 Å². The van der Waals surface area contributed by atoms with E-state index in [1.807, 2.05) is 58.1 Å². The number of carbonyl (C=O) groups excluding carboxylic acids is 4. The molecule has 5 N–H and O–H groups in total. The van der Waals surface area contributed by atoms with Crippen LogP contribution in [0.5, 0.6) is 0 Å². The highest BCUT2D eigenvalue weighted by Crippen LogP contribution is 2.38. The molecule has 0 radical (unpaired) electrons. The van der Waals surface area contributed by atoms with Gasteiger partial charge in [0.15, 0.2) is 6.61 Å². The molecule has 3 heterocycles. The second kappa shape index (κ2) is 33.8. The standard InChI is InChI=1S/C59H97N3O16/c1-12-74-28-29-75-27-25-60-52(65)36-76-61-53-41(6)30-37(2)18-14-13-15-19-38(3)49(71-9)34-45-23-21-43(8)59(70,78-45)56(67)57(68)62-26-17-16-20-46(62)58(69)77-50(40(5)32-44-22-24-47(63)51(33-44)72-10)35-48(64)39(4)31-42(7)54(66)55(53)73-11/h13-15,18-19,31,37,39-41,43-51,54-55,63-64,66,70H,12,16-17,20-30,32-36H2,1-11H3,(H,60,65)/b15-13+,18-14+,38-19+,42-31+,61-53?/t37-,39-,40-,41-,43-,44+,45+,46+,47-,48-,49+,50+,51-,54-,55+,59-/m1/s1. The second-order valence-corrected chi connectivity index (χ2v) is 22.3. The number of esters is 1. The van der Waals surface area contributed by atoms with Crippen LogP contribution in [-0.2, 0) is 57.2 Å². The third-order valence-corrected chi connectivity index (χ3v) is 16.2. The van der Waals surface area contributed by atoms with Crippen LogP contribution in [0.2, 0.25) is 0 Å². The monoisotopic (exact) mass is 1100 g/mol. The molecule has 19 heteroatoms. The number of cyclic esters (lactones) is 1. The van der Waals surface area contributed by atoms with E-state index in [1.54, 1.807) is 41.1 Å². The van der Waals surface area contributed by atoms with Crippen molar-refractivity contribution < 1.29 is 77.6 Å². The molecule has 1 saturated carbocycles. The lowest BCUT2D eigenvalue weighted by atomic mass is 9.78. The fraction of sp³-hybridized carbons (Fsp3) is 0.780. The largest absolute Gasteiger partial charge is 0.460 e. The average molecular weight is 1100 g/mol. The normalized spacial score (nSPS) is 37.0. The highest BCUT2D eigenvalue weighted by molar-refractivity contribution is 6.39. The molecule has 3 fully saturated rings. The first-order chi connectivity index (χ1) is 37.2. The molecular weight excluding hydrogens is 1010 g/mol. The van der Waals surface area contributed by atoms with Gasteiger partial charge in [0.1, 0.15) is 24.4 Å². The molecular formula is C59H97N3O16. The van der Waals surface area contributed by atoms with E-state index in [0.29, 0.717) is 95.5 Å². The third kappa shape index (κ3) is 20.0. The number of carbonyl (C=O) groups is 4. The number of rotatable bonds is 16. The molecule has 2 bridgehead atoms. The van der Waals surface area contributed by atoms with Gasteiger partial charge in [0.2, 0.25) is 5.79 Å². The molecule has 19 nitrogen and oxygen atoms in total. The van der Waals surface area contributed by atoms with Crippen LogP contribution in [0.1, 0.15) is 132 Å². The number of methoxy groups -OCH3 is 3. The number of nitrogens with one attached hydrogen (secondary N) is 1. The maximum absolute atomic E-state index is 14.6. The van der Waals surface area contributed by atoms with Gasteiger partial charge in [-0.05, 0) is 114 Å². The van der Waals surface area contributed by atoms with E-state index in [4.69, 9.17) is 38.0 Å². The number of fused-ring (bicyclic) bond motifs is 3. The number of aliphatic hydroxyl groups excluding tert-OH is 3. The fourth-order valence-electron chi connectivity index (χ4n) is 11.3. The molecule has 0 unspecified atom stereocenters. The Labute approximate surface area is 464 Å². The zero-order valence-electron chi connectivity index (χ0n) is 48.6. The molecule has 4 aliphatic rings. The van der Waals surface area contributed by atoms with Crippen molar-refractivity contribution in [1.82, 2.24) is 10.2 Å². The summed E-state index contributed by atoms with van der Waals surface area (Å²) in [5.41, 5.74) is 1.71. The number of oxime groups is 1. The van der Waals surface area contributed by atoms with Crippen LogP contribution in [-0.4, -0.2) is 183 Å². The van der Waals surface area contributed by atoms with Crippen molar-refractivity contribution in [2.24, 2.45) is 40.7 Å². The summed E-state index contributed by atoms with van der Waals surface area (Å²) in [6.45, 7) is 16.7. The fourth-order valence-corrected chi connectivity index (χ4v) is 11.3.